The number of hydrogen-bond donors (Lipinski definition) is 1. The van der Waals surface area contributed by atoms with E-state index < -0.39 is 28.5 Å². The summed E-state index contributed by atoms with van der Waals surface area (Å²) in [7, 11) is -3.77. The highest BCUT2D eigenvalue weighted by molar-refractivity contribution is 7.92. The van der Waals surface area contributed by atoms with Crippen LogP contribution in [-0.4, -0.2) is 50.0 Å². The van der Waals surface area contributed by atoms with Crippen LogP contribution in [-0.2, 0) is 31.6 Å². The average Bonchev–Trinajstić information content (AvgIpc) is 2.74. The number of carbonyl (C=O) groups excluding carboxylic acids is 2. The minimum atomic E-state index is -3.77. The molecule has 0 aliphatic heterocycles. The van der Waals surface area contributed by atoms with Gasteiger partial charge in [0.2, 0.25) is 21.8 Å². The minimum Gasteiger partial charge on any atom is -0.352 e. The van der Waals surface area contributed by atoms with Crippen LogP contribution in [0.5, 0.6) is 0 Å². The van der Waals surface area contributed by atoms with Gasteiger partial charge in [0.25, 0.3) is 0 Å². The van der Waals surface area contributed by atoms with Crippen LogP contribution >= 0.6 is 11.6 Å². The number of rotatable bonds is 9. The molecule has 1 N–H and O–H groups in total. The number of hydrogen-bond acceptors (Lipinski definition) is 4. The first-order valence-electron chi connectivity index (χ1n) is 11.5. The van der Waals surface area contributed by atoms with Crippen molar-refractivity contribution >= 4 is 39.1 Å². The minimum absolute atomic E-state index is 0.0984. The summed E-state index contributed by atoms with van der Waals surface area (Å²) in [4.78, 5) is 27.7. The van der Waals surface area contributed by atoms with Crippen LogP contribution in [0.25, 0.3) is 0 Å². The van der Waals surface area contributed by atoms with Crippen molar-refractivity contribution in [3.8, 4) is 0 Å². The Morgan fingerprint density at radius 1 is 0.971 bits per heavy atom. The molecule has 0 aromatic heterocycles. The maximum Gasteiger partial charge on any atom is 0.244 e. The van der Waals surface area contributed by atoms with Gasteiger partial charge >= 0.3 is 0 Å². The summed E-state index contributed by atoms with van der Waals surface area (Å²) in [6, 6.07) is 13.2. The van der Waals surface area contributed by atoms with Crippen LogP contribution in [0.1, 0.15) is 52.7 Å². The number of sulfonamides is 1. The van der Waals surface area contributed by atoms with Gasteiger partial charge in [0.1, 0.15) is 12.6 Å². The van der Waals surface area contributed by atoms with Crippen LogP contribution in [0.15, 0.2) is 48.5 Å². The summed E-state index contributed by atoms with van der Waals surface area (Å²) in [6.45, 7) is 11.2. The lowest BCUT2D eigenvalue weighted by atomic mass is 9.87. The molecule has 7 nitrogen and oxygen atoms in total. The van der Waals surface area contributed by atoms with Gasteiger partial charge in [-0.15, -0.1) is 0 Å². The summed E-state index contributed by atoms with van der Waals surface area (Å²) in [5.74, 6) is -0.806. The molecule has 0 fully saturated rings. The predicted molar refractivity (Wildman–Crippen MR) is 142 cm³/mol. The third-order valence-corrected chi connectivity index (χ3v) is 6.96. The van der Waals surface area contributed by atoms with Crippen molar-refractivity contribution in [1.29, 1.82) is 0 Å². The lowest BCUT2D eigenvalue weighted by Crippen LogP contribution is -2.52. The molecule has 0 aliphatic rings. The topological polar surface area (TPSA) is 86.8 Å². The van der Waals surface area contributed by atoms with E-state index in [0.29, 0.717) is 10.7 Å². The third kappa shape index (κ3) is 8.25. The number of anilines is 1. The quantitative estimate of drug-likeness (QED) is 0.531. The normalized spacial score (nSPS) is 12.8. The van der Waals surface area contributed by atoms with Gasteiger partial charge in [0.15, 0.2) is 0 Å². The van der Waals surface area contributed by atoms with E-state index in [2.05, 4.69) is 26.1 Å². The fourth-order valence-electron chi connectivity index (χ4n) is 3.52. The van der Waals surface area contributed by atoms with Gasteiger partial charge in [0, 0.05) is 17.6 Å². The first kappa shape index (κ1) is 28.7. The van der Waals surface area contributed by atoms with E-state index >= 15 is 0 Å². The zero-order valence-electron chi connectivity index (χ0n) is 21.5. The highest BCUT2D eigenvalue weighted by atomic mass is 35.5. The molecule has 0 heterocycles. The standard InChI is InChI=1S/C26H36ClN3O4S/c1-18(2)28-25(32)19(3)29(16-20-8-12-22(27)13-9-20)24(31)17-30(35(7,33)34)23-14-10-21(11-15-23)26(4,5)6/h8-15,18-19H,16-17H2,1-7H3,(H,28,32)/t19-/m1/s1. The summed E-state index contributed by atoms with van der Waals surface area (Å²) in [5.41, 5.74) is 2.11. The molecule has 2 aromatic rings. The van der Waals surface area contributed by atoms with Crippen molar-refractivity contribution in [3.05, 3.63) is 64.7 Å². The molecule has 0 bridgehead atoms. The molecule has 0 spiro atoms. The molecular formula is C26H36ClN3O4S. The molecular weight excluding hydrogens is 486 g/mol. The second kappa shape index (κ2) is 11.4. The Morgan fingerprint density at radius 3 is 1.97 bits per heavy atom. The molecule has 2 rings (SSSR count). The Balaban J connectivity index is 2.39. The number of carbonyl (C=O) groups is 2. The molecule has 192 valence electrons. The molecule has 35 heavy (non-hydrogen) atoms. The van der Waals surface area contributed by atoms with Gasteiger partial charge in [-0.1, -0.05) is 56.6 Å². The highest BCUT2D eigenvalue weighted by Crippen LogP contribution is 2.26. The van der Waals surface area contributed by atoms with Gasteiger partial charge in [-0.3, -0.25) is 13.9 Å². The Morgan fingerprint density at radius 2 is 1.51 bits per heavy atom. The van der Waals surface area contributed by atoms with Crippen LogP contribution in [0.4, 0.5) is 5.69 Å². The van der Waals surface area contributed by atoms with Gasteiger partial charge < -0.3 is 10.2 Å². The predicted octanol–water partition coefficient (Wildman–Crippen LogP) is 4.35. The Labute approximate surface area is 214 Å². The van der Waals surface area contributed by atoms with E-state index in [4.69, 9.17) is 11.6 Å². The summed E-state index contributed by atoms with van der Waals surface area (Å²) >= 11 is 5.99. The van der Waals surface area contributed by atoms with Crippen molar-refractivity contribution in [2.45, 2.75) is 65.6 Å². The Bertz CT molecular complexity index is 1120. The highest BCUT2D eigenvalue weighted by Gasteiger charge is 2.30. The fraction of sp³-hybridized carbons (Fsp3) is 0.462. The van der Waals surface area contributed by atoms with E-state index in [9.17, 15) is 18.0 Å². The van der Waals surface area contributed by atoms with Crippen LogP contribution < -0.4 is 9.62 Å². The maximum atomic E-state index is 13.5. The van der Waals surface area contributed by atoms with Gasteiger partial charge in [0.05, 0.1) is 11.9 Å². The second-order valence-electron chi connectivity index (χ2n) is 10.1. The molecule has 0 radical (unpaired) electrons. The van der Waals surface area contributed by atoms with E-state index in [1.54, 1.807) is 43.3 Å². The van der Waals surface area contributed by atoms with Crippen molar-refractivity contribution in [3.63, 3.8) is 0 Å². The van der Waals surface area contributed by atoms with E-state index in [1.165, 1.54) is 4.90 Å². The molecule has 0 saturated heterocycles. The van der Waals surface area contributed by atoms with Crippen molar-refractivity contribution in [2.75, 3.05) is 17.1 Å². The molecule has 0 saturated carbocycles. The number of halogens is 1. The number of nitrogens with zero attached hydrogens (tertiary/aromatic N) is 2. The number of benzene rings is 2. The van der Waals surface area contributed by atoms with E-state index in [0.717, 1.165) is 21.7 Å². The molecule has 1 atom stereocenters. The van der Waals surface area contributed by atoms with Gasteiger partial charge in [-0.25, -0.2) is 8.42 Å². The van der Waals surface area contributed by atoms with Crippen molar-refractivity contribution in [1.82, 2.24) is 10.2 Å². The van der Waals surface area contributed by atoms with E-state index in [1.807, 2.05) is 26.0 Å². The third-order valence-electron chi connectivity index (χ3n) is 5.56. The zero-order valence-corrected chi connectivity index (χ0v) is 23.1. The summed E-state index contributed by atoms with van der Waals surface area (Å²) in [5, 5.41) is 3.38. The summed E-state index contributed by atoms with van der Waals surface area (Å²) < 4.78 is 26.4. The van der Waals surface area contributed by atoms with E-state index in [-0.39, 0.29) is 23.9 Å². The zero-order chi connectivity index (χ0) is 26.6. The van der Waals surface area contributed by atoms with Crippen molar-refractivity contribution < 1.29 is 18.0 Å². The first-order chi connectivity index (χ1) is 16.1. The second-order valence-corrected chi connectivity index (χ2v) is 12.4. The van der Waals surface area contributed by atoms with Gasteiger partial charge in [-0.05, 0) is 61.6 Å². The Kier molecular flexibility index (Phi) is 9.36. The molecule has 2 amide bonds. The Hall–Kier alpha value is -2.58. The van der Waals surface area contributed by atoms with Crippen LogP contribution in [0.2, 0.25) is 5.02 Å². The lowest BCUT2D eigenvalue weighted by Gasteiger charge is -2.32. The molecule has 9 heteroatoms. The molecule has 0 aliphatic carbocycles. The molecule has 2 aromatic carbocycles. The van der Waals surface area contributed by atoms with Crippen molar-refractivity contribution in [2.24, 2.45) is 0 Å². The summed E-state index contributed by atoms with van der Waals surface area (Å²) in [6.07, 6.45) is 1.07. The van der Waals surface area contributed by atoms with Crippen LogP contribution in [0.3, 0.4) is 0 Å². The lowest BCUT2D eigenvalue weighted by molar-refractivity contribution is -0.139. The number of amides is 2. The molecule has 0 unspecified atom stereocenters. The van der Waals surface area contributed by atoms with Gasteiger partial charge in [-0.2, -0.15) is 0 Å². The average molecular weight is 522 g/mol. The smallest absolute Gasteiger partial charge is 0.244 e. The first-order valence-corrected chi connectivity index (χ1v) is 13.7. The fourth-order valence-corrected chi connectivity index (χ4v) is 4.49. The largest absolute Gasteiger partial charge is 0.352 e. The maximum absolute atomic E-state index is 13.5. The monoisotopic (exact) mass is 521 g/mol. The van der Waals surface area contributed by atoms with Crippen LogP contribution in [0, 0.1) is 0 Å². The SMILES string of the molecule is CC(C)NC(=O)[C@@H](C)N(Cc1ccc(Cl)cc1)C(=O)CN(c1ccc(C(C)(C)C)cc1)S(C)(=O)=O. The number of nitrogens with one attached hydrogen (secondary N) is 1.